The molecule has 4 aromatic rings. The minimum absolute atomic E-state index is 0.517. The molecule has 2 aromatic heterocycles. The molecule has 2 heterocycles. The van der Waals surface area contributed by atoms with Crippen LogP contribution < -0.4 is 4.57 Å². The molecule has 0 spiro atoms. The number of hydrogen-bond acceptors (Lipinski definition) is 1. The van der Waals surface area contributed by atoms with Crippen molar-refractivity contribution in [2.45, 2.75) is 59.3 Å². The molecule has 1 aliphatic rings. The van der Waals surface area contributed by atoms with E-state index >= 15 is 0 Å². The fraction of sp³-hybridized carbons (Fsp3) is 0.393. The van der Waals surface area contributed by atoms with Crippen LogP contribution in [0, 0.1) is 19.3 Å². The smallest absolute Gasteiger partial charge is 0.198 e. The lowest BCUT2D eigenvalue weighted by atomic mass is 9.71. The second kappa shape index (κ2) is 7.20. The maximum atomic E-state index is 2.48. The number of benzene rings is 2. The summed E-state index contributed by atoms with van der Waals surface area (Å²) in [5, 5.41) is 6.29. The highest BCUT2D eigenvalue weighted by atomic mass is 32.1. The molecule has 154 valence electrons. The molecule has 1 saturated carbocycles. The summed E-state index contributed by atoms with van der Waals surface area (Å²) in [4.78, 5) is 0. The Kier molecular flexibility index (Phi) is 4.74. The van der Waals surface area contributed by atoms with Crippen LogP contribution in [-0.2, 0) is 7.05 Å². The lowest BCUT2D eigenvalue weighted by Gasteiger charge is -2.34. The van der Waals surface area contributed by atoms with Crippen LogP contribution >= 0.6 is 11.3 Å². The largest absolute Gasteiger partial charge is 0.220 e. The van der Waals surface area contributed by atoms with Gasteiger partial charge in [-0.15, -0.1) is 11.3 Å². The van der Waals surface area contributed by atoms with Gasteiger partial charge in [-0.2, -0.15) is 4.57 Å². The minimum Gasteiger partial charge on any atom is -0.198 e. The van der Waals surface area contributed by atoms with Gasteiger partial charge in [0.15, 0.2) is 5.69 Å². The van der Waals surface area contributed by atoms with Gasteiger partial charge in [0.05, 0.1) is 10.9 Å². The summed E-state index contributed by atoms with van der Waals surface area (Å²) in [6.07, 6.45) is 5.31. The zero-order chi connectivity index (χ0) is 21.0. The standard InChI is InChI=1S/C28H32NS/c1-18-14-22-10-13-30-26(22)17-25(18)27-24-7-6-21(16-23(24)15-19(2)29(27)5)20-8-11-28(3,4)12-9-20/h6-7,10,13-17,20H,8-9,11-12H2,1-5H3/q+1. The molecule has 0 saturated heterocycles. The van der Waals surface area contributed by atoms with E-state index in [1.165, 1.54) is 74.6 Å². The van der Waals surface area contributed by atoms with E-state index in [4.69, 9.17) is 0 Å². The third kappa shape index (κ3) is 3.36. The summed E-state index contributed by atoms with van der Waals surface area (Å²) < 4.78 is 3.74. The van der Waals surface area contributed by atoms with Crippen LogP contribution in [0.2, 0.25) is 0 Å². The van der Waals surface area contributed by atoms with Crippen LogP contribution in [0.1, 0.15) is 62.3 Å². The highest BCUT2D eigenvalue weighted by Gasteiger charge is 2.28. The zero-order valence-electron chi connectivity index (χ0n) is 18.9. The summed E-state index contributed by atoms with van der Waals surface area (Å²) in [5.74, 6) is 0.712. The quantitative estimate of drug-likeness (QED) is 0.294. The van der Waals surface area contributed by atoms with Gasteiger partial charge in [0, 0.05) is 17.7 Å². The highest BCUT2D eigenvalue weighted by Crippen LogP contribution is 2.43. The van der Waals surface area contributed by atoms with Crippen LogP contribution in [0.3, 0.4) is 0 Å². The third-order valence-corrected chi connectivity index (χ3v) is 8.30. The molecule has 5 rings (SSSR count). The van der Waals surface area contributed by atoms with E-state index in [1.54, 1.807) is 0 Å². The number of rotatable bonds is 2. The zero-order valence-corrected chi connectivity index (χ0v) is 19.7. The molecule has 0 unspecified atom stereocenters. The number of aromatic nitrogens is 1. The second-order valence-corrected chi connectivity index (χ2v) is 11.1. The first kappa shape index (κ1) is 19.8. The fourth-order valence-corrected chi connectivity index (χ4v) is 6.10. The van der Waals surface area contributed by atoms with Gasteiger partial charge < -0.3 is 0 Å². The third-order valence-electron chi connectivity index (χ3n) is 7.42. The van der Waals surface area contributed by atoms with Gasteiger partial charge in [-0.05, 0) is 95.5 Å². The van der Waals surface area contributed by atoms with Gasteiger partial charge in [-0.1, -0.05) is 26.0 Å². The topological polar surface area (TPSA) is 3.88 Å². The fourth-order valence-electron chi connectivity index (χ4n) is 5.29. The second-order valence-electron chi connectivity index (χ2n) is 10.1. The van der Waals surface area contributed by atoms with Crippen molar-refractivity contribution < 1.29 is 4.57 Å². The van der Waals surface area contributed by atoms with Gasteiger partial charge in [0.1, 0.15) is 7.05 Å². The Morgan fingerprint density at radius 1 is 0.933 bits per heavy atom. The Labute approximate surface area is 184 Å². The van der Waals surface area contributed by atoms with E-state index in [0.29, 0.717) is 11.3 Å². The van der Waals surface area contributed by atoms with Gasteiger partial charge in [-0.3, -0.25) is 0 Å². The molecule has 1 fully saturated rings. The van der Waals surface area contributed by atoms with Crippen molar-refractivity contribution in [3.8, 4) is 11.3 Å². The Hall–Kier alpha value is -2.19. The Balaban J connectivity index is 1.65. The summed E-state index contributed by atoms with van der Waals surface area (Å²) in [6, 6.07) is 16.6. The molecule has 1 nitrogen and oxygen atoms in total. The predicted octanol–water partition coefficient (Wildman–Crippen LogP) is 7.85. The van der Waals surface area contributed by atoms with Crippen molar-refractivity contribution >= 4 is 32.2 Å². The Bertz CT molecular complexity index is 1250. The molecule has 30 heavy (non-hydrogen) atoms. The molecular formula is C28H32NS+. The maximum Gasteiger partial charge on any atom is 0.220 e. The van der Waals surface area contributed by atoms with Crippen molar-refractivity contribution in [1.29, 1.82) is 0 Å². The first-order chi connectivity index (χ1) is 14.3. The van der Waals surface area contributed by atoms with E-state index in [2.05, 4.69) is 87.2 Å². The van der Waals surface area contributed by atoms with Crippen LogP contribution in [0.5, 0.6) is 0 Å². The Morgan fingerprint density at radius 2 is 1.70 bits per heavy atom. The molecule has 0 amide bonds. The SMILES string of the molecule is Cc1cc2ccsc2cc1-c1c2ccc(C3CCC(C)(C)CC3)cc2cc(C)[n+]1C. The minimum atomic E-state index is 0.517. The summed E-state index contributed by atoms with van der Waals surface area (Å²) >= 11 is 1.83. The van der Waals surface area contributed by atoms with Gasteiger partial charge in [0.2, 0.25) is 5.69 Å². The van der Waals surface area contributed by atoms with E-state index < -0.39 is 0 Å². The molecule has 0 aliphatic heterocycles. The predicted molar refractivity (Wildman–Crippen MR) is 130 cm³/mol. The number of nitrogens with zero attached hydrogens (tertiary/aromatic N) is 1. The van der Waals surface area contributed by atoms with E-state index in [9.17, 15) is 0 Å². The van der Waals surface area contributed by atoms with Crippen molar-refractivity contribution in [2.75, 3.05) is 0 Å². The lowest BCUT2D eigenvalue weighted by molar-refractivity contribution is -0.665. The van der Waals surface area contributed by atoms with Crippen molar-refractivity contribution in [1.82, 2.24) is 0 Å². The van der Waals surface area contributed by atoms with Gasteiger partial charge in [0.25, 0.3) is 0 Å². The van der Waals surface area contributed by atoms with Crippen LogP contribution in [0.25, 0.3) is 32.1 Å². The van der Waals surface area contributed by atoms with E-state index in [-0.39, 0.29) is 0 Å². The van der Waals surface area contributed by atoms with E-state index in [0.717, 1.165) is 0 Å². The summed E-state index contributed by atoms with van der Waals surface area (Å²) in [7, 11) is 2.21. The first-order valence-electron chi connectivity index (χ1n) is 11.2. The molecular weight excluding hydrogens is 382 g/mol. The number of fused-ring (bicyclic) bond motifs is 2. The van der Waals surface area contributed by atoms with Crippen molar-refractivity contribution in [2.24, 2.45) is 12.5 Å². The number of aryl methyl sites for hydroxylation is 2. The molecule has 0 N–H and O–H groups in total. The number of thiophene rings is 1. The average molecular weight is 415 g/mol. The molecule has 2 heteroatoms. The maximum absolute atomic E-state index is 2.48. The molecule has 2 aromatic carbocycles. The molecule has 0 bridgehead atoms. The Morgan fingerprint density at radius 3 is 2.47 bits per heavy atom. The van der Waals surface area contributed by atoms with Crippen LogP contribution in [-0.4, -0.2) is 0 Å². The summed E-state index contributed by atoms with van der Waals surface area (Å²) in [5.41, 5.74) is 7.40. The van der Waals surface area contributed by atoms with Gasteiger partial charge >= 0.3 is 0 Å². The molecule has 0 atom stereocenters. The van der Waals surface area contributed by atoms with Crippen molar-refractivity contribution in [3.05, 3.63) is 64.7 Å². The normalized spacial score (nSPS) is 17.1. The molecule has 0 radical (unpaired) electrons. The highest BCUT2D eigenvalue weighted by molar-refractivity contribution is 7.17. The first-order valence-corrected chi connectivity index (χ1v) is 12.1. The van der Waals surface area contributed by atoms with E-state index in [1.807, 2.05) is 11.3 Å². The number of pyridine rings is 1. The van der Waals surface area contributed by atoms with Crippen molar-refractivity contribution in [3.63, 3.8) is 0 Å². The van der Waals surface area contributed by atoms with Crippen LogP contribution in [0.15, 0.2) is 47.8 Å². The van der Waals surface area contributed by atoms with Gasteiger partial charge in [-0.25, -0.2) is 0 Å². The molecule has 1 aliphatic carbocycles. The van der Waals surface area contributed by atoms with Crippen LogP contribution in [0.4, 0.5) is 0 Å². The average Bonchev–Trinajstić information content (AvgIpc) is 3.15. The summed E-state index contributed by atoms with van der Waals surface area (Å²) in [6.45, 7) is 9.33. The monoisotopic (exact) mass is 414 g/mol. The number of hydrogen-bond donors (Lipinski definition) is 0. The lowest BCUT2D eigenvalue weighted by Crippen LogP contribution is -2.35.